The van der Waals surface area contributed by atoms with Gasteiger partial charge in [-0.1, -0.05) is 13.3 Å². The molecule has 1 saturated heterocycles. The lowest BCUT2D eigenvalue weighted by molar-refractivity contribution is -0.143. The van der Waals surface area contributed by atoms with Crippen LogP contribution in [0.3, 0.4) is 0 Å². The number of pyridine rings is 1. The van der Waals surface area contributed by atoms with Crippen LogP contribution < -0.4 is 4.90 Å². The minimum Gasteiger partial charge on any atom is -0.479 e. The minimum atomic E-state index is -0.873. The van der Waals surface area contributed by atoms with Gasteiger partial charge in [-0.2, -0.15) is 5.26 Å². The molecule has 106 valence electrons. The molecule has 20 heavy (non-hydrogen) atoms. The second kappa shape index (κ2) is 5.49. The lowest BCUT2D eigenvalue weighted by Gasteiger charge is -2.35. The topological polar surface area (TPSA) is 77.2 Å². The summed E-state index contributed by atoms with van der Waals surface area (Å²) in [5.74, 6) is -0.187. The van der Waals surface area contributed by atoms with Crippen molar-refractivity contribution in [3.05, 3.63) is 23.4 Å². The number of aryl methyl sites for hydroxylation is 1. The fourth-order valence-electron chi connectivity index (χ4n) is 3.07. The number of aromatic nitrogens is 1. The van der Waals surface area contributed by atoms with Crippen LogP contribution in [-0.4, -0.2) is 28.1 Å². The quantitative estimate of drug-likeness (QED) is 0.912. The van der Waals surface area contributed by atoms with Crippen molar-refractivity contribution in [3.8, 4) is 6.07 Å². The van der Waals surface area contributed by atoms with E-state index in [0.717, 1.165) is 18.5 Å². The Kier molecular flexibility index (Phi) is 3.93. The van der Waals surface area contributed by atoms with E-state index < -0.39 is 11.5 Å². The van der Waals surface area contributed by atoms with Gasteiger partial charge < -0.3 is 10.0 Å². The van der Waals surface area contributed by atoms with Crippen molar-refractivity contribution >= 4 is 11.8 Å². The van der Waals surface area contributed by atoms with Crippen LogP contribution in [0, 0.1) is 18.3 Å². The summed E-state index contributed by atoms with van der Waals surface area (Å²) in [4.78, 5) is 18.1. The van der Waals surface area contributed by atoms with Crippen molar-refractivity contribution in [2.45, 2.75) is 45.1 Å². The zero-order valence-electron chi connectivity index (χ0n) is 11.9. The SMILES string of the molecule is CCCC1(C(=O)O)CCCN1c1cc(C#N)cc(C)n1. The lowest BCUT2D eigenvalue weighted by atomic mass is 9.90. The van der Waals surface area contributed by atoms with Crippen molar-refractivity contribution in [2.24, 2.45) is 0 Å². The van der Waals surface area contributed by atoms with Gasteiger partial charge in [0.1, 0.15) is 11.4 Å². The van der Waals surface area contributed by atoms with Gasteiger partial charge in [0.25, 0.3) is 0 Å². The molecule has 2 rings (SSSR count). The normalized spacial score (nSPS) is 21.8. The summed E-state index contributed by atoms with van der Waals surface area (Å²) in [5, 5.41) is 18.7. The van der Waals surface area contributed by atoms with Crippen molar-refractivity contribution < 1.29 is 9.90 Å². The Morgan fingerprint density at radius 3 is 2.95 bits per heavy atom. The average molecular weight is 273 g/mol. The second-order valence-electron chi connectivity index (χ2n) is 5.31. The third kappa shape index (κ3) is 2.34. The number of carboxylic acids is 1. The van der Waals surface area contributed by atoms with Gasteiger partial charge in [0.2, 0.25) is 0 Å². The van der Waals surface area contributed by atoms with Gasteiger partial charge in [-0.25, -0.2) is 9.78 Å². The first-order valence-electron chi connectivity index (χ1n) is 6.93. The molecule has 0 aliphatic carbocycles. The monoisotopic (exact) mass is 273 g/mol. The Balaban J connectivity index is 2.47. The summed E-state index contributed by atoms with van der Waals surface area (Å²) in [6, 6.07) is 5.50. The van der Waals surface area contributed by atoms with E-state index in [1.165, 1.54) is 0 Å². The molecule has 1 aromatic heterocycles. The van der Waals surface area contributed by atoms with Gasteiger partial charge in [0.15, 0.2) is 0 Å². The summed E-state index contributed by atoms with van der Waals surface area (Å²) in [5.41, 5.74) is 0.388. The van der Waals surface area contributed by atoms with E-state index in [-0.39, 0.29) is 0 Å². The predicted octanol–water partition coefficient (Wildman–Crippen LogP) is 2.49. The molecule has 1 aliphatic rings. The molecule has 0 amide bonds. The molecule has 0 spiro atoms. The first-order chi connectivity index (χ1) is 9.53. The molecule has 2 heterocycles. The molecule has 5 heteroatoms. The predicted molar refractivity (Wildman–Crippen MR) is 75.5 cm³/mol. The van der Waals surface area contributed by atoms with Gasteiger partial charge in [0.05, 0.1) is 11.6 Å². The Hall–Kier alpha value is -2.09. The first kappa shape index (κ1) is 14.3. The second-order valence-corrected chi connectivity index (χ2v) is 5.31. The first-order valence-corrected chi connectivity index (χ1v) is 6.93. The van der Waals surface area contributed by atoms with E-state index in [1.807, 2.05) is 18.7 Å². The number of rotatable bonds is 4. The minimum absolute atomic E-state index is 0.523. The number of anilines is 1. The van der Waals surface area contributed by atoms with Crippen LogP contribution >= 0.6 is 0 Å². The summed E-state index contributed by atoms with van der Waals surface area (Å²) in [6.45, 7) is 4.49. The van der Waals surface area contributed by atoms with Crippen molar-refractivity contribution in [3.63, 3.8) is 0 Å². The van der Waals surface area contributed by atoms with Gasteiger partial charge >= 0.3 is 5.97 Å². The molecule has 1 atom stereocenters. The van der Waals surface area contributed by atoms with Gasteiger partial charge in [-0.3, -0.25) is 0 Å². The summed E-state index contributed by atoms with van der Waals surface area (Å²) in [7, 11) is 0. The number of aliphatic carboxylic acids is 1. The van der Waals surface area contributed by atoms with Crippen molar-refractivity contribution in [2.75, 3.05) is 11.4 Å². The van der Waals surface area contributed by atoms with Crippen LogP contribution in [0.4, 0.5) is 5.82 Å². The standard InChI is InChI=1S/C15H19N3O2/c1-3-5-15(14(19)20)6-4-7-18(15)13-9-12(10-16)8-11(2)17-13/h8-9H,3-7H2,1-2H3,(H,19,20). The molecule has 1 aromatic rings. The highest BCUT2D eigenvalue weighted by atomic mass is 16.4. The zero-order chi connectivity index (χ0) is 14.8. The Morgan fingerprint density at radius 1 is 1.60 bits per heavy atom. The molecule has 0 aromatic carbocycles. The molecule has 1 unspecified atom stereocenters. The maximum Gasteiger partial charge on any atom is 0.329 e. The fraction of sp³-hybridized carbons (Fsp3) is 0.533. The van der Waals surface area contributed by atoms with Gasteiger partial charge in [0, 0.05) is 12.2 Å². The molecular formula is C15H19N3O2. The molecule has 5 nitrogen and oxygen atoms in total. The van der Waals surface area contributed by atoms with Crippen LogP contribution in [0.2, 0.25) is 0 Å². The highest BCUT2D eigenvalue weighted by Gasteiger charge is 2.47. The zero-order valence-corrected chi connectivity index (χ0v) is 11.9. The molecule has 0 saturated carbocycles. The van der Waals surface area contributed by atoms with Crippen LogP contribution in [0.25, 0.3) is 0 Å². The molecule has 1 N–H and O–H groups in total. The average Bonchev–Trinajstić information content (AvgIpc) is 2.83. The van der Waals surface area contributed by atoms with Crippen LogP contribution in [0.5, 0.6) is 0 Å². The van der Waals surface area contributed by atoms with Crippen LogP contribution in [0.15, 0.2) is 12.1 Å². The fourth-order valence-corrected chi connectivity index (χ4v) is 3.07. The summed E-state index contributed by atoms with van der Waals surface area (Å²) < 4.78 is 0. The molecule has 0 bridgehead atoms. The number of carboxylic acid groups (broad SMARTS) is 1. The number of nitriles is 1. The lowest BCUT2D eigenvalue weighted by Crippen LogP contribution is -2.51. The Bertz CT molecular complexity index is 565. The highest BCUT2D eigenvalue weighted by Crippen LogP contribution is 2.37. The van der Waals surface area contributed by atoms with Crippen molar-refractivity contribution in [1.82, 2.24) is 4.98 Å². The molecule has 1 aliphatic heterocycles. The molecule has 1 fully saturated rings. The maximum absolute atomic E-state index is 11.8. The van der Waals surface area contributed by atoms with E-state index in [1.54, 1.807) is 12.1 Å². The Labute approximate surface area is 118 Å². The van der Waals surface area contributed by atoms with E-state index in [9.17, 15) is 9.90 Å². The third-order valence-corrected chi connectivity index (χ3v) is 3.90. The maximum atomic E-state index is 11.8. The van der Waals surface area contributed by atoms with Crippen molar-refractivity contribution in [1.29, 1.82) is 5.26 Å². The third-order valence-electron chi connectivity index (χ3n) is 3.90. The number of hydrogen-bond donors (Lipinski definition) is 1. The van der Waals surface area contributed by atoms with E-state index in [4.69, 9.17) is 5.26 Å². The van der Waals surface area contributed by atoms with Crippen LogP contribution in [0.1, 0.15) is 43.9 Å². The van der Waals surface area contributed by atoms with E-state index in [0.29, 0.717) is 30.8 Å². The smallest absolute Gasteiger partial charge is 0.329 e. The number of carbonyl (C=O) groups is 1. The summed E-state index contributed by atoms with van der Waals surface area (Å²) in [6.07, 6.45) is 2.87. The number of nitrogens with zero attached hydrogens (tertiary/aromatic N) is 3. The molecule has 0 radical (unpaired) electrons. The van der Waals surface area contributed by atoms with Gasteiger partial charge in [-0.05, 0) is 38.3 Å². The van der Waals surface area contributed by atoms with Crippen LogP contribution in [-0.2, 0) is 4.79 Å². The highest BCUT2D eigenvalue weighted by molar-refractivity contribution is 5.84. The van der Waals surface area contributed by atoms with E-state index in [2.05, 4.69) is 11.1 Å². The van der Waals surface area contributed by atoms with E-state index >= 15 is 0 Å². The van der Waals surface area contributed by atoms with Gasteiger partial charge in [-0.15, -0.1) is 0 Å². The largest absolute Gasteiger partial charge is 0.479 e. The molecular weight excluding hydrogens is 254 g/mol. The number of hydrogen-bond acceptors (Lipinski definition) is 4. The Morgan fingerprint density at radius 2 is 2.35 bits per heavy atom. The summed E-state index contributed by atoms with van der Waals surface area (Å²) >= 11 is 0.